The molecule has 1 heterocycles. The van der Waals surface area contributed by atoms with Gasteiger partial charge in [-0.3, -0.25) is 9.59 Å². The lowest BCUT2D eigenvalue weighted by Crippen LogP contribution is -2.34. The smallest absolute Gasteiger partial charge is 0.394 e. The number of hydrogen-bond donors (Lipinski definition) is 1. The molecule has 5 nitrogen and oxygen atoms in total. The van der Waals surface area contributed by atoms with E-state index in [2.05, 4.69) is 0 Å². The number of aliphatic carboxylic acids is 1. The average molecular weight is 339 g/mol. The van der Waals surface area contributed by atoms with E-state index in [4.69, 9.17) is 9.84 Å². The maximum atomic E-state index is 12.9. The molecule has 1 N–H and O–H groups in total. The molecule has 8 heteroatoms. The molecule has 0 saturated carbocycles. The molecule has 0 bridgehead atoms. The van der Waals surface area contributed by atoms with Gasteiger partial charge in [0.15, 0.2) is 0 Å². The molecular weight excluding hydrogens is 315 g/mol. The molecule has 0 aromatic heterocycles. The molecule has 1 amide bonds. The van der Waals surface area contributed by atoms with Crippen LogP contribution in [0.15, 0.2) is 0 Å². The Balaban J connectivity index is 2.50. The highest BCUT2D eigenvalue weighted by Gasteiger charge is 2.53. The molecule has 1 aliphatic rings. The molecule has 1 saturated heterocycles. The summed E-state index contributed by atoms with van der Waals surface area (Å²) in [5.74, 6) is -5.18. The van der Waals surface area contributed by atoms with Gasteiger partial charge in [-0.15, -0.1) is 0 Å². The third kappa shape index (κ3) is 6.01. The van der Waals surface area contributed by atoms with Crippen molar-refractivity contribution in [2.24, 2.45) is 17.8 Å². The van der Waals surface area contributed by atoms with Gasteiger partial charge in [0.05, 0.1) is 31.0 Å². The third-order valence-electron chi connectivity index (χ3n) is 3.93. The van der Waals surface area contributed by atoms with Crippen LogP contribution in [-0.2, 0) is 14.3 Å². The van der Waals surface area contributed by atoms with Crippen molar-refractivity contribution in [2.75, 3.05) is 19.7 Å². The van der Waals surface area contributed by atoms with E-state index in [1.165, 1.54) is 0 Å². The highest BCUT2D eigenvalue weighted by atomic mass is 19.4. The van der Waals surface area contributed by atoms with Crippen molar-refractivity contribution in [3.63, 3.8) is 0 Å². The molecule has 134 valence electrons. The summed E-state index contributed by atoms with van der Waals surface area (Å²) in [4.78, 5) is 23.9. The van der Waals surface area contributed by atoms with Gasteiger partial charge in [-0.1, -0.05) is 13.8 Å². The fraction of sp³-hybridized carbons (Fsp3) is 0.867. The lowest BCUT2D eigenvalue weighted by atomic mass is 9.96. The third-order valence-corrected chi connectivity index (χ3v) is 3.93. The summed E-state index contributed by atoms with van der Waals surface area (Å²) in [7, 11) is 0. The van der Waals surface area contributed by atoms with Crippen LogP contribution in [0, 0.1) is 17.8 Å². The minimum Gasteiger partial charge on any atom is -0.481 e. The molecular formula is C15H24F3NO4. The number of alkyl halides is 3. The van der Waals surface area contributed by atoms with Crippen molar-refractivity contribution in [1.82, 2.24) is 4.90 Å². The Bertz CT molecular complexity index is 425. The summed E-state index contributed by atoms with van der Waals surface area (Å²) in [6, 6.07) is 0. The lowest BCUT2D eigenvalue weighted by Gasteiger charge is -2.19. The van der Waals surface area contributed by atoms with Crippen molar-refractivity contribution in [3.05, 3.63) is 0 Å². The van der Waals surface area contributed by atoms with E-state index in [1.807, 2.05) is 20.8 Å². The van der Waals surface area contributed by atoms with Crippen LogP contribution < -0.4 is 0 Å². The molecule has 0 aromatic carbocycles. The van der Waals surface area contributed by atoms with Gasteiger partial charge in [0.25, 0.3) is 0 Å². The van der Waals surface area contributed by atoms with Crippen LogP contribution in [0.4, 0.5) is 13.2 Å². The van der Waals surface area contributed by atoms with Crippen molar-refractivity contribution in [2.45, 2.75) is 45.9 Å². The maximum absolute atomic E-state index is 12.9. The van der Waals surface area contributed by atoms with Gasteiger partial charge in [0.2, 0.25) is 5.91 Å². The molecule has 1 rings (SSSR count). The topological polar surface area (TPSA) is 66.8 Å². The first kappa shape index (κ1) is 19.7. The summed E-state index contributed by atoms with van der Waals surface area (Å²) in [6.45, 7) is 5.08. The molecule has 0 aromatic rings. The van der Waals surface area contributed by atoms with Gasteiger partial charge in [0, 0.05) is 13.1 Å². The van der Waals surface area contributed by atoms with E-state index < -0.39 is 43.0 Å². The van der Waals surface area contributed by atoms with Gasteiger partial charge in [-0.05, 0) is 19.3 Å². The first-order chi connectivity index (χ1) is 10.5. The second kappa shape index (κ2) is 7.99. The quantitative estimate of drug-likeness (QED) is 0.774. The minimum atomic E-state index is -4.62. The molecule has 1 fully saturated rings. The number of carbonyl (C=O) groups is 2. The van der Waals surface area contributed by atoms with Crippen molar-refractivity contribution in [3.8, 4) is 0 Å². The predicted molar refractivity (Wildman–Crippen MR) is 76.7 cm³/mol. The van der Waals surface area contributed by atoms with Gasteiger partial charge < -0.3 is 14.7 Å². The van der Waals surface area contributed by atoms with Crippen LogP contribution in [0.1, 0.15) is 33.6 Å². The number of likely N-dealkylation sites (tertiary alicyclic amines) is 1. The van der Waals surface area contributed by atoms with E-state index in [9.17, 15) is 22.8 Å². The standard InChI is InChI=1S/C15H24F3NO4/c1-9(2)6-10(3)23-5-4-13(20)19-7-11(14(21)22)12(8-19)15(16,17)18/h9-12H,4-8H2,1-3H3,(H,21,22)/t10?,11-,12-/m1/s1. The lowest BCUT2D eigenvalue weighted by molar-refractivity contribution is -0.188. The van der Waals surface area contributed by atoms with Crippen LogP contribution in [0.3, 0.4) is 0 Å². The first-order valence-electron chi connectivity index (χ1n) is 7.71. The molecule has 0 radical (unpaired) electrons. The Morgan fingerprint density at radius 3 is 2.30 bits per heavy atom. The molecule has 0 spiro atoms. The number of carboxylic acid groups (broad SMARTS) is 1. The van der Waals surface area contributed by atoms with Gasteiger partial charge in [-0.2, -0.15) is 13.2 Å². The summed E-state index contributed by atoms with van der Waals surface area (Å²) >= 11 is 0. The number of nitrogens with zero attached hydrogens (tertiary/aromatic N) is 1. The Kier molecular flexibility index (Phi) is 6.85. The van der Waals surface area contributed by atoms with Crippen LogP contribution in [0.25, 0.3) is 0 Å². The Labute approximate surface area is 133 Å². The van der Waals surface area contributed by atoms with Gasteiger partial charge >= 0.3 is 12.1 Å². The highest BCUT2D eigenvalue weighted by Crippen LogP contribution is 2.37. The van der Waals surface area contributed by atoms with Crippen molar-refractivity contribution >= 4 is 11.9 Å². The summed E-state index contributed by atoms with van der Waals surface area (Å²) in [5.41, 5.74) is 0. The number of halogens is 3. The second-order valence-electron chi connectivity index (χ2n) is 6.45. The zero-order valence-corrected chi connectivity index (χ0v) is 13.6. The van der Waals surface area contributed by atoms with E-state index in [-0.39, 0.29) is 19.1 Å². The average Bonchev–Trinajstić information content (AvgIpc) is 2.82. The highest BCUT2D eigenvalue weighted by molar-refractivity contribution is 5.79. The summed E-state index contributed by atoms with van der Waals surface area (Å²) in [6.07, 6.45) is -3.87. The van der Waals surface area contributed by atoms with Crippen molar-refractivity contribution < 1.29 is 32.6 Å². The fourth-order valence-corrected chi connectivity index (χ4v) is 2.83. The van der Waals surface area contributed by atoms with Crippen LogP contribution in [0.5, 0.6) is 0 Å². The number of carbonyl (C=O) groups excluding carboxylic acids is 1. The number of hydrogen-bond acceptors (Lipinski definition) is 3. The molecule has 3 atom stereocenters. The Morgan fingerprint density at radius 2 is 1.87 bits per heavy atom. The van der Waals surface area contributed by atoms with E-state index in [0.29, 0.717) is 5.92 Å². The maximum Gasteiger partial charge on any atom is 0.394 e. The first-order valence-corrected chi connectivity index (χ1v) is 7.71. The molecule has 1 aliphatic heterocycles. The van der Waals surface area contributed by atoms with Gasteiger partial charge in [-0.25, -0.2) is 0 Å². The van der Waals surface area contributed by atoms with Crippen LogP contribution >= 0.6 is 0 Å². The number of ether oxygens (including phenoxy) is 1. The molecule has 1 unspecified atom stereocenters. The van der Waals surface area contributed by atoms with Crippen LogP contribution in [0.2, 0.25) is 0 Å². The van der Waals surface area contributed by atoms with E-state index in [0.717, 1.165) is 11.3 Å². The summed E-state index contributed by atoms with van der Waals surface area (Å²) in [5, 5.41) is 8.92. The predicted octanol–water partition coefficient (Wildman–Crippen LogP) is 2.55. The fourth-order valence-electron chi connectivity index (χ4n) is 2.83. The number of amides is 1. The van der Waals surface area contributed by atoms with Crippen molar-refractivity contribution in [1.29, 1.82) is 0 Å². The van der Waals surface area contributed by atoms with E-state index in [1.54, 1.807) is 0 Å². The number of carboxylic acids is 1. The monoisotopic (exact) mass is 339 g/mol. The SMILES string of the molecule is CC(C)CC(C)OCCC(=O)N1C[C@@H](C(F)(F)F)[C@H](C(=O)O)C1. The molecule has 0 aliphatic carbocycles. The van der Waals surface area contributed by atoms with Crippen LogP contribution in [-0.4, -0.2) is 53.9 Å². The zero-order valence-electron chi connectivity index (χ0n) is 13.6. The zero-order chi connectivity index (χ0) is 17.8. The Morgan fingerprint density at radius 1 is 1.26 bits per heavy atom. The minimum absolute atomic E-state index is 0.0314. The summed E-state index contributed by atoms with van der Waals surface area (Å²) < 4.78 is 44.0. The largest absolute Gasteiger partial charge is 0.481 e. The number of rotatable bonds is 7. The van der Waals surface area contributed by atoms with Gasteiger partial charge in [0.1, 0.15) is 0 Å². The molecule has 23 heavy (non-hydrogen) atoms. The second-order valence-corrected chi connectivity index (χ2v) is 6.45. The Hall–Kier alpha value is -1.31. The normalized spacial score (nSPS) is 23.3. The van der Waals surface area contributed by atoms with E-state index >= 15 is 0 Å².